The molecule has 1 aromatic heterocycles. The Morgan fingerprint density at radius 3 is 2.57 bits per heavy atom. The van der Waals surface area contributed by atoms with Gasteiger partial charge in [-0.25, -0.2) is 4.79 Å². The zero-order valence-electron chi connectivity index (χ0n) is 16.0. The van der Waals surface area contributed by atoms with E-state index in [0.29, 0.717) is 18.8 Å². The van der Waals surface area contributed by atoms with Gasteiger partial charge in [-0.1, -0.05) is 12.1 Å². The normalized spacial score (nSPS) is 19.7. The number of hydrogen-bond acceptors (Lipinski definition) is 3. The lowest BCUT2D eigenvalue weighted by atomic mass is 9.90. The maximum absolute atomic E-state index is 12.8. The van der Waals surface area contributed by atoms with Crippen LogP contribution in [-0.4, -0.2) is 39.2 Å². The number of carbonyl (C=O) groups excluding carboxylic acids is 1. The number of carbonyl (C=O) groups is 1. The number of rotatable bonds is 4. The van der Waals surface area contributed by atoms with E-state index in [1.54, 1.807) is 28.8 Å². The number of ether oxygens (including phenoxy) is 1. The van der Waals surface area contributed by atoms with Gasteiger partial charge in [0.25, 0.3) is 0 Å². The van der Waals surface area contributed by atoms with E-state index in [2.05, 4.69) is 15.2 Å². The van der Waals surface area contributed by atoms with Gasteiger partial charge in [0.2, 0.25) is 0 Å². The maximum Gasteiger partial charge on any atom is 0.573 e. The summed E-state index contributed by atoms with van der Waals surface area (Å²) in [5.74, 6) is 0.267. The van der Waals surface area contributed by atoms with Crippen LogP contribution in [-0.2, 0) is 13.5 Å². The molecule has 1 N–H and O–H groups in total. The summed E-state index contributed by atoms with van der Waals surface area (Å²) in [5, 5.41) is 7.10. The van der Waals surface area contributed by atoms with Crippen molar-refractivity contribution in [3.8, 4) is 5.75 Å². The number of aromatic nitrogens is 2. The van der Waals surface area contributed by atoms with E-state index in [4.69, 9.17) is 0 Å². The Balaban J connectivity index is 1.69. The van der Waals surface area contributed by atoms with Crippen LogP contribution in [0.5, 0.6) is 5.75 Å². The van der Waals surface area contributed by atoms with Crippen LogP contribution < -0.4 is 10.1 Å². The highest BCUT2D eigenvalue weighted by molar-refractivity contribution is 5.89. The first kappa shape index (κ1) is 20.0. The minimum absolute atomic E-state index is 0.223. The average Bonchev–Trinajstić information content (AvgIpc) is 3.10. The topological polar surface area (TPSA) is 59.4 Å². The fraction of sp³-hybridized carbons (Fsp3) is 0.474. The molecule has 2 aromatic rings. The average molecular weight is 396 g/mol. The molecule has 1 aliphatic rings. The van der Waals surface area contributed by atoms with Gasteiger partial charge >= 0.3 is 12.4 Å². The Morgan fingerprint density at radius 2 is 2.00 bits per heavy atom. The van der Waals surface area contributed by atoms with Crippen LogP contribution in [0.4, 0.5) is 23.8 Å². The Labute approximate surface area is 161 Å². The first-order valence-corrected chi connectivity index (χ1v) is 8.99. The summed E-state index contributed by atoms with van der Waals surface area (Å²) in [7, 11) is 1.79. The summed E-state index contributed by atoms with van der Waals surface area (Å²) in [6.45, 7) is 4.48. The summed E-state index contributed by atoms with van der Waals surface area (Å²) in [4.78, 5) is 14.6. The number of urea groups is 1. The fourth-order valence-corrected chi connectivity index (χ4v) is 3.70. The molecule has 1 atom stereocenters. The number of benzene rings is 1. The fourth-order valence-electron chi connectivity index (χ4n) is 3.70. The van der Waals surface area contributed by atoms with Crippen LogP contribution in [0.2, 0.25) is 0 Å². The lowest BCUT2D eigenvalue weighted by Crippen LogP contribution is -2.48. The molecule has 0 bridgehead atoms. The number of anilines is 1. The Hall–Kier alpha value is -2.71. The summed E-state index contributed by atoms with van der Waals surface area (Å²) in [6, 6.07) is 5.57. The zero-order valence-corrected chi connectivity index (χ0v) is 16.0. The molecule has 0 saturated carbocycles. The second-order valence-electron chi connectivity index (χ2n) is 7.39. The molecule has 9 heteroatoms. The summed E-state index contributed by atoms with van der Waals surface area (Å²) in [5.41, 5.74) is 1.28. The quantitative estimate of drug-likeness (QED) is 0.840. The van der Waals surface area contributed by atoms with E-state index >= 15 is 0 Å². The van der Waals surface area contributed by atoms with Crippen molar-refractivity contribution in [3.05, 3.63) is 41.6 Å². The minimum atomic E-state index is -4.71. The van der Waals surface area contributed by atoms with Gasteiger partial charge < -0.3 is 9.64 Å². The van der Waals surface area contributed by atoms with Crippen LogP contribution in [0.25, 0.3) is 0 Å². The number of halogens is 3. The van der Waals surface area contributed by atoms with Crippen LogP contribution >= 0.6 is 0 Å². The number of nitrogens with one attached hydrogen (secondary N) is 1. The highest BCUT2D eigenvalue weighted by atomic mass is 19.4. The first-order chi connectivity index (χ1) is 13.1. The predicted octanol–water partition coefficient (Wildman–Crippen LogP) is 4.26. The zero-order chi connectivity index (χ0) is 20.5. The Morgan fingerprint density at radius 1 is 1.32 bits per heavy atom. The number of likely N-dealkylation sites (tertiary alicyclic amines) is 1. The van der Waals surface area contributed by atoms with Crippen LogP contribution in [0.15, 0.2) is 30.5 Å². The van der Waals surface area contributed by atoms with Crippen LogP contribution in [0.1, 0.15) is 30.9 Å². The maximum atomic E-state index is 12.8. The summed E-state index contributed by atoms with van der Waals surface area (Å²) < 4.78 is 42.4. The molecule has 1 saturated heterocycles. The van der Waals surface area contributed by atoms with E-state index in [1.165, 1.54) is 12.1 Å². The molecule has 6 nitrogen and oxygen atoms in total. The van der Waals surface area contributed by atoms with Crippen molar-refractivity contribution in [3.63, 3.8) is 0 Å². The number of amides is 2. The largest absolute Gasteiger partial charge is 0.573 e. The van der Waals surface area contributed by atoms with Crippen molar-refractivity contribution in [1.29, 1.82) is 0 Å². The first-order valence-electron chi connectivity index (χ1n) is 8.99. The van der Waals surface area contributed by atoms with Crippen LogP contribution in [0, 0.1) is 6.92 Å². The van der Waals surface area contributed by atoms with Crippen molar-refractivity contribution >= 4 is 11.8 Å². The number of aryl methyl sites for hydroxylation is 2. The van der Waals surface area contributed by atoms with Gasteiger partial charge in [-0.3, -0.25) is 10.00 Å². The molecule has 1 unspecified atom stereocenters. The van der Waals surface area contributed by atoms with Crippen molar-refractivity contribution in [2.45, 2.75) is 45.0 Å². The van der Waals surface area contributed by atoms with Gasteiger partial charge in [0.15, 0.2) is 5.82 Å². The van der Waals surface area contributed by atoms with Crippen molar-refractivity contribution in [2.75, 3.05) is 11.9 Å². The molecule has 0 radical (unpaired) electrons. The van der Waals surface area contributed by atoms with Crippen molar-refractivity contribution < 1.29 is 22.7 Å². The molecule has 0 aliphatic carbocycles. The molecular formula is C19H23F3N4O2. The Kier molecular flexibility index (Phi) is 5.27. The van der Waals surface area contributed by atoms with E-state index in [-0.39, 0.29) is 11.8 Å². The van der Waals surface area contributed by atoms with Gasteiger partial charge in [0.1, 0.15) is 5.75 Å². The monoisotopic (exact) mass is 396 g/mol. The molecule has 0 spiro atoms. The lowest BCUT2D eigenvalue weighted by Gasteiger charge is -2.35. The van der Waals surface area contributed by atoms with E-state index in [1.807, 2.05) is 20.0 Å². The molecule has 1 aromatic carbocycles. The second kappa shape index (κ2) is 7.37. The van der Waals surface area contributed by atoms with Crippen LogP contribution in [0.3, 0.4) is 0 Å². The number of alkyl halides is 3. The van der Waals surface area contributed by atoms with E-state index in [9.17, 15) is 18.0 Å². The van der Waals surface area contributed by atoms with Crippen molar-refractivity contribution in [2.24, 2.45) is 7.05 Å². The molecule has 3 rings (SSSR count). The molecule has 2 amide bonds. The van der Waals surface area contributed by atoms with Gasteiger partial charge in [-0.15, -0.1) is 13.2 Å². The van der Waals surface area contributed by atoms with Gasteiger partial charge in [-0.05, 0) is 50.8 Å². The summed E-state index contributed by atoms with van der Waals surface area (Å²) in [6.07, 6.45) is -0.683. The molecular weight excluding hydrogens is 373 g/mol. The van der Waals surface area contributed by atoms with E-state index in [0.717, 1.165) is 24.0 Å². The standard InChI is InChI=1S/C19H23F3N4O2/c1-13-12-25(3)24-16(13)23-17(27)26-10-4-9-18(26,2)11-14-5-7-15(8-6-14)28-19(20,21)22/h5-8,12H,4,9-11H2,1-3H3,(H,23,24,27). The third-order valence-corrected chi connectivity index (χ3v) is 4.97. The molecule has 28 heavy (non-hydrogen) atoms. The van der Waals surface area contributed by atoms with Crippen molar-refractivity contribution in [1.82, 2.24) is 14.7 Å². The molecule has 152 valence electrons. The summed E-state index contributed by atoms with van der Waals surface area (Å²) >= 11 is 0. The predicted molar refractivity (Wildman–Crippen MR) is 98.1 cm³/mol. The van der Waals surface area contributed by atoms with Gasteiger partial charge in [0, 0.05) is 30.9 Å². The molecule has 1 aliphatic heterocycles. The second-order valence-corrected chi connectivity index (χ2v) is 7.39. The minimum Gasteiger partial charge on any atom is -0.406 e. The highest BCUT2D eigenvalue weighted by Gasteiger charge is 2.40. The third-order valence-electron chi connectivity index (χ3n) is 4.97. The molecule has 2 heterocycles. The number of hydrogen-bond donors (Lipinski definition) is 1. The van der Waals surface area contributed by atoms with E-state index < -0.39 is 11.9 Å². The van der Waals surface area contributed by atoms with Gasteiger partial charge in [-0.2, -0.15) is 5.10 Å². The SMILES string of the molecule is Cc1cn(C)nc1NC(=O)N1CCCC1(C)Cc1ccc(OC(F)(F)F)cc1. The highest BCUT2D eigenvalue weighted by Crippen LogP contribution is 2.34. The molecule has 1 fully saturated rings. The third kappa shape index (κ3) is 4.58. The number of nitrogens with zero attached hydrogens (tertiary/aromatic N) is 3. The lowest BCUT2D eigenvalue weighted by molar-refractivity contribution is -0.274. The van der Waals surface area contributed by atoms with Gasteiger partial charge in [0.05, 0.1) is 0 Å². The Bertz CT molecular complexity index is 848. The smallest absolute Gasteiger partial charge is 0.406 e.